The third-order valence-corrected chi connectivity index (χ3v) is 6.50. The number of halogens is 1. The second-order valence-electron chi connectivity index (χ2n) is 5.87. The van der Waals surface area contributed by atoms with Gasteiger partial charge in [-0.15, -0.1) is 0 Å². The summed E-state index contributed by atoms with van der Waals surface area (Å²) in [6, 6.07) is 3.38. The molecule has 0 spiro atoms. The van der Waals surface area contributed by atoms with Crippen LogP contribution >= 0.6 is 15.9 Å². The number of nitrogen functional groups attached to an aromatic ring is 1. The minimum atomic E-state index is -3.52. The van der Waals surface area contributed by atoms with Crippen molar-refractivity contribution in [3.63, 3.8) is 0 Å². The van der Waals surface area contributed by atoms with E-state index < -0.39 is 10.0 Å². The Morgan fingerprint density at radius 1 is 1.29 bits per heavy atom. The van der Waals surface area contributed by atoms with Crippen molar-refractivity contribution in [1.82, 2.24) is 4.72 Å². The zero-order valence-corrected chi connectivity index (χ0v) is 14.9. The van der Waals surface area contributed by atoms with E-state index >= 15 is 0 Å². The summed E-state index contributed by atoms with van der Waals surface area (Å²) in [6.07, 6.45) is 5.22. The van der Waals surface area contributed by atoms with E-state index in [1.807, 2.05) is 0 Å². The average Bonchev–Trinajstić information content (AvgIpc) is 2.43. The highest BCUT2D eigenvalue weighted by atomic mass is 79.9. The van der Waals surface area contributed by atoms with Crippen molar-refractivity contribution in [1.29, 1.82) is 0 Å². The average molecular weight is 375 g/mol. The van der Waals surface area contributed by atoms with E-state index in [0.29, 0.717) is 15.7 Å². The van der Waals surface area contributed by atoms with Gasteiger partial charge in [0.2, 0.25) is 10.0 Å². The van der Waals surface area contributed by atoms with Crippen LogP contribution in [0, 0.1) is 12.8 Å². The van der Waals surface area contributed by atoms with Crippen LogP contribution in [0.2, 0.25) is 0 Å². The van der Waals surface area contributed by atoms with Gasteiger partial charge in [0.15, 0.2) is 0 Å². The summed E-state index contributed by atoms with van der Waals surface area (Å²) in [6.45, 7) is 3.94. The summed E-state index contributed by atoms with van der Waals surface area (Å²) in [5, 5.41) is 0. The summed E-state index contributed by atoms with van der Waals surface area (Å²) in [4.78, 5) is 0.270. The molecule has 118 valence electrons. The molecule has 1 aliphatic rings. The molecule has 1 aromatic carbocycles. The van der Waals surface area contributed by atoms with E-state index in [9.17, 15) is 8.42 Å². The lowest BCUT2D eigenvalue weighted by molar-refractivity contribution is 0.306. The van der Waals surface area contributed by atoms with Crippen LogP contribution in [-0.2, 0) is 10.0 Å². The van der Waals surface area contributed by atoms with E-state index in [-0.39, 0.29) is 10.9 Å². The summed E-state index contributed by atoms with van der Waals surface area (Å²) in [5.41, 5.74) is 6.96. The van der Waals surface area contributed by atoms with Gasteiger partial charge in [0.05, 0.1) is 4.90 Å². The number of sulfonamides is 1. The largest absolute Gasteiger partial charge is 0.398 e. The van der Waals surface area contributed by atoms with Gasteiger partial charge in [0, 0.05) is 16.2 Å². The molecule has 1 saturated carbocycles. The predicted octanol–water partition coefficient (Wildman–Crippen LogP) is 3.59. The molecule has 0 amide bonds. The van der Waals surface area contributed by atoms with Crippen molar-refractivity contribution in [2.75, 3.05) is 5.73 Å². The molecule has 3 N–H and O–H groups in total. The maximum absolute atomic E-state index is 12.6. The zero-order chi connectivity index (χ0) is 15.6. The third-order valence-electron chi connectivity index (χ3n) is 4.40. The van der Waals surface area contributed by atoms with Gasteiger partial charge in [-0.2, -0.15) is 0 Å². The lowest BCUT2D eigenvalue weighted by Gasteiger charge is -2.28. The first-order chi connectivity index (χ1) is 9.83. The van der Waals surface area contributed by atoms with Gasteiger partial charge >= 0.3 is 0 Å². The number of anilines is 1. The van der Waals surface area contributed by atoms with Crippen molar-refractivity contribution < 1.29 is 8.42 Å². The van der Waals surface area contributed by atoms with E-state index in [0.717, 1.165) is 31.6 Å². The van der Waals surface area contributed by atoms with Crippen LogP contribution in [-0.4, -0.2) is 14.5 Å². The molecule has 0 radical (unpaired) electrons. The summed E-state index contributed by atoms with van der Waals surface area (Å²) >= 11 is 3.31. The first-order valence-electron chi connectivity index (χ1n) is 7.41. The molecule has 0 heterocycles. The molecule has 0 aromatic heterocycles. The van der Waals surface area contributed by atoms with Gasteiger partial charge in [0.1, 0.15) is 0 Å². The highest BCUT2D eigenvalue weighted by Gasteiger charge is 2.26. The molecule has 0 aliphatic heterocycles. The minimum Gasteiger partial charge on any atom is -0.398 e. The fraction of sp³-hybridized carbons (Fsp3) is 0.600. The highest BCUT2D eigenvalue weighted by molar-refractivity contribution is 9.10. The molecule has 0 saturated heterocycles. The Kier molecular flexibility index (Phi) is 5.33. The van der Waals surface area contributed by atoms with Gasteiger partial charge in [-0.1, -0.05) is 29.3 Å². The molecular formula is C15H23BrN2O2S. The Morgan fingerprint density at radius 2 is 1.90 bits per heavy atom. The fourth-order valence-electron chi connectivity index (χ4n) is 2.92. The first kappa shape index (κ1) is 16.8. The topological polar surface area (TPSA) is 72.2 Å². The standard InChI is InChI=1S/C15H23BrN2O2S/c1-3-11-4-6-13(7-5-11)18-21(19,20)15-9-12(16)8-14(17)10(15)2/h8-9,11,13,18H,3-7,17H2,1-2H3. The summed E-state index contributed by atoms with van der Waals surface area (Å²) in [7, 11) is -3.52. The van der Waals surface area contributed by atoms with Gasteiger partial charge in [-0.05, 0) is 56.2 Å². The number of nitrogens with one attached hydrogen (secondary N) is 1. The van der Waals surface area contributed by atoms with Gasteiger partial charge in [0.25, 0.3) is 0 Å². The number of benzene rings is 1. The Hall–Kier alpha value is -0.590. The van der Waals surface area contributed by atoms with Crippen molar-refractivity contribution >= 4 is 31.6 Å². The Labute approximate surface area is 135 Å². The lowest BCUT2D eigenvalue weighted by Crippen LogP contribution is -2.37. The van der Waals surface area contributed by atoms with Crippen LogP contribution in [0.4, 0.5) is 5.69 Å². The number of hydrogen-bond donors (Lipinski definition) is 2. The monoisotopic (exact) mass is 374 g/mol. The summed E-state index contributed by atoms with van der Waals surface area (Å²) in [5.74, 6) is 0.744. The van der Waals surface area contributed by atoms with E-state index in [1.165, 1.54) is 6.42 Å². The molecule has 0 bridgehead atoms. The second kappa shape index (κ2) is 6.67. The van der Waals surface area contributed by atoms with E-state index in [1.54, 1.807) is 19.1 Å². The fourth-order valence-corrected chi connectivity index (χ4v) is 5.16. The minimum absolute atomic E-state index is 0.0393. The van der Waals surface area contributed by atoms with Crippen molar-refractivity contribution in [3.8, 4) is 0 Å². The molecular weight excluding hydrogens is 352 g/mol. The van der Waals surface area contributed by atoms with Crippen molar-refractivity contribution in [2.24, 2.45) is 5.92 Å². The second-order valence-corrected chi connectivity index (χ2v) is 8.46. The molecule has 1 aromatic rings. The van der Waals surface area contributed by atoms with Crippen LogP contribution in [0.15, 0.2) is 21.5 Å². The third kappa shape index (κ3) is 3.99. The van der Waals surface area contributed by atoms with Gasteiger partial charge in [-0.25, -0.2) is 13.1 Å². The smallest absolute Gasteiger partial charge is 0.241 e. The Bertz CT molecular complexity index is 608. The maximum atomic E-state index is 12.6. The van der Waals surface area contributed by atoms with Crippen molar-refractivity contribution in [2.45, 2.75) is 56.9 Å². The molecule has 0 unspecified atom stereocenters. The van der Waals surface area contributed by atoms with Crippen molar-refractivity contribution in [3.05, 3.63) is 22.2 Å². The first-order valence-corrected chi connectivity index (χ1v) is 9.69. The number of hydrogen-bond acceptors (Lipinski definition) is 3. The quantitative estimate of drug-likeness (QED) is 0.790. The molecule has 21 heavy (non-hydrogen) atoms. The normalized spacial score (nSPS) is 23.2. The molecule has 6 heteroatoms. The number of rotatable bonds is 4. The maximum Gasteiger partial charge on any atom is 0.241 e. The molecule has 1 aliphatic carbocycles. The van der Waals surface area contributed by atoms with E-state index in [4.69, 9.17) is 5.73 Å². The molecule has 0 atom stereocenters. The SMILES string of the molecule is CCC1CCC(NS(=O)(=O)c2cc(Br)cc(N)c2C)CC1. The van der Waals surface area contributed by atoms with Gasteiger partial charge < -0.3 is 5.73 Å². The van der Waals surface area contributed by atoms with E-state index in [2.05, 4.69) is 27.6 Å². The van der Waals surface area contributed by atoms with Crippen LogP contribution < -0.4 is 10.5 Å². The Balaban J connectivity index is 2.16. The van der Waals surface area contributed by atoms with Crippen LogP contribution in [0.25, 0.3) is 0 Å². The zero-order valence-electron chi connectivity index (χ0n) is 12.5. The van der Waals surface area contributed by atoms with Crippen LogP contribution in [0.1, 0.15) is 44.6 Å². The highest BCUT2D eigenvalue weighted by Crippen LogP contribution is 2.29. The van der Waals surface area contributed by atoms with Crippen LogP contribution in [0.3, 0.4) is 0 Å². The number of nitrogens with two attached hydrogens (primary N) is 1. The Morgan fingerprint density at radius 3 is 2.48 bits per heavy atom. The van der Waals surface area contributed by atoms with Crippen LogP contribution in [0.5, 0.6) is 0 Å². The lowest BCUT2D eigenvalue weighted by atomic mass is 9.85. The summed E-state index contributed by atoms with van der Waals surface area (Å²) < 4.78 is 28.7. The molecule has 1 fully saturated rings. The van der Waals surface area contributed by atoms with Gasteiger partial charge in [-0.3, -0.25) is 0 Å². The molecule has 2 rings (SSSR count). The molecule has 4 nitrogen and oxygen atoms in total. The predicted molar refractivity (Wildman–Crippen MR) is 89.6 cm³/mol.